The lowest BCUT2D eigenvalue weighted by Crippen LogP contribution is -2.33. The van der Waals surface area contributed by atoms with E-state index >= 15 is 0 Å². The number of nitrogen functional groups attached to an aromatic ring is 1. The van der Waals surface area contributed by atoms with E-state index in [4.69, 9.17) is 5.84 Å². The summed E-state index contributed by atoms with van der Waals surface area (Å²) in [5.74, 6) is 7.36. The quantitative estimate of drug-likeness (QED) is 0.568. The molecule has 1 aliphatic rings. The van der Waals surface area contributed by atoms with Crippen LogP contribution in [0.4, 0.5) is 11.6 Å². The van der Waals surface area contributed by atoms with Crippen molar-refractivity contribution in [3.63, 3.8) is 0 Å². The predicted octanol–water partition coefficient (Wildman–Crippen LogP) is 1.09. The molecule has 7 heteroatoms. The fourth-order valence-electron chi connectivity index (χ4n) is 2.19. The third-order valence-electron chi connectivity index (χ3n) is 3.42. The summed E-state index contributed by atoms with van der Waals surface area (Å²) in [7, 11) is 0. The van der Waals surface area contributed by atoms with Crippen LogP contribution in [0, 0.1) is 0 Å². The maximum atomic E-state index is 12.0. The molecule has 1 aromatic heterocycles. The van der Waals surface area contributed by atoms with E-state index in [2.05, 4.69) is 20.7 Å². The fraction of sp³-hybridized carbons (Fsp3) is 0.643. The molecule has 0 unspecified atom stereocenters. The zero-order valence-corrected chi connectivity index (χ0v) is 12.9. The molecule has 1 amide bonds. The lowest BCUT2D eigenvalue weighted by molar-refractivity contribution is -0.128. The van der Waals surface area contributed by atoms with Gasteiger partial charge in [-0.05, 0) is 12.8 Å². The van der Waals surface area contributed by atoms with Crippen molar-refractivity contribution in [1.29, 1.82) is 0 Å². The number of aromatic nitrogens is 2. The summed E-state index contributed by atoms with van der Waals surface area (Å²) in [5.41, 5.74) is 2.34. The van der Waals surface area contributed by atoms with Crippen LogP contribution in [0.15, 0.2) is 6.07 Å². The van der Waals surface area contributed by atoms with Crippen LogP contribution in [-0.4, -0.2) is 40.4 Å². The van der Waals surface area contributed by atoms with Gasteiger partial charge in [-0.2, -0.15) is 0 Å². The van der Waals surface area contributed by atoms with Gasteiger partial charge in [0.25, 0.3) is 0 Å². The fourth-order valence-corrected chi connectivity index (χ4v) is 2.19. The molecule has 2 heterocycles. The number of nitrogens with one attached hydrogen (secondary N) is 2. The monoisotopic (exact) mass is 292 g/mol. The molecule has 116 valence electrons. The van der Waals surface area contributed by atoms with Crippen LogP contribution in [-0.2, 0) is 10.2 Å². The number of carbonyl (C=O) groups excluding carboxylic acids is 1. The number of hydrazine groups is 1. The molecule has 0 atom stereocenters. The molecule has 1 saturated heterocycles. The van der Waals surface area contributed by atoms with Crippen molar-refractivity contribution in [2.24, 2.45) is 5.84 Å². The van der Waals surface area contributed by atoms with Crippen molar-refractivity contribution in [1.82, 2.24) is 14.9 Å². The van der Waals surface area contributed by atoms with Gasteiger partial charge < -0.3 is 15.6 Å². The first kappa shape index (κ1) is 15.5. The molecular weight excluding hydrogens is 268 g/mol. The van der Waals surface area contributed by atoms with Crippen molar-refractivity contribution in [3.8, 4) is 0 Å². The molecule has 4 N–H and O–H groups in total. The van der Waals surface area contributed by atoms with Gasteiger partial charge in [0, 0.05) is 24.6 Å². The number of carbonyl (C=O) groups is 1. The van der Waals surface area contributed by atoms with Crippen LogP contribution in [0.5, 0.6) is 0 Å². The Morgan fingerprint density at radius 2 is 1.90 bits per heavy atom. The van der Waals surface area contributed by atoms with E-state index < -0.39 is 0 Å². The van der Waals surface area contributed by atoms with E-state index in [0.717, 1.165) is 25.9 Å². The molecule has 1 aromatic rings. The maximum Gasteiger partial charge on any atom is 0.241 e. The summed E-state index contributed by atoms with van der Waals surface area (Å²) in [4.78, 5) is 22.7. The summed E-state index contributed by atoms with van der Waals surface area (Å²) in [5, 5.41) is 3.07. The Kier molecular flexibility index (Phi) is 4.62. The third-order valence-corrected chi connectivity index (χ3v) is 3.42. The Hall–Kier alpha value is -1.89. The lowest BCUT2D eigenvalue weighted by Gasteiger charge is -2.19. The normalized spacial score (nSPS) is 15.1. The van der Waals surface area contributed by atoms with E-state index in [1.54, 1.807) is 6.07 Å². The van der Waals surface area contributed by atoms with Gasteiger partial charge in [0.2, 0.25) is 5.91 Å². The lowest BCUT2D eigenvalue weighted by atomic mass is 9.96. The minimum Gasteiger partial charge on any atom is -0.361 e. The van der Waals surface area contributed by atoms with Gasteiger partial charge >= 0.3 is 0 Å². The van der Waals surface area contributed by atoms with Crippen LogP contribution in [0.1, 0.15) is 39.4 Å². The number of hydrogen-bond donors (Lipinski definition) is 3. The van der Waals surface area contributed by atoms with Crippen molar-refractivity contribution in [3.05, 3.63) is 11.9 Å². The Bertz CT molecular complexity index is 505. The van der Waals surface area contributed by atoms with Gasteiger partial charge in [0.05, 0.1) is 6.54 Å². The van der Waals surface area contributed by atoms with Gasteiger partial charge in [0.15, 0.2) is 0 Å². The Morgan fingerprint density at radius 1 is 1.29 bits per heavy atom. The molecule has 7 nitrogen and oxygen atoms in total. The largest absolute Gasteiger partial charge is 0.361 e. The van der Waals surface area contributed by atoms with Gasteiger partial charge in [-0.3, -0.25) is 4.79 Å². The highest BCUT2D eigenvalue weighted by Gasteiger charge is 2.20. The highest BCUT2D eigenvalue weighted by molar-refractivity contribution is 5.80. The molecule has 1 fully saturated rings. The summed E-state index contributed by atoms with van der Waals surface area (Å²) in [6.45, 7) is 8.04. The smallest absolute Gasteiger partial charge is 0.241 e. The average Bonchev–Trinajstić information content (AvgIpc) is 2.97. The Morgan fingerprint density at radius 3 is 2.48 bits per heavy atom. The maximum absolute atomic E-state index is 12.0. The van der Waals surface area contributed by atoms with Crippen molar-refractivity contribution < 1.29 is 4.79 Å². The number of nitrogens with zero attached hydrogens (tertiary/aromatic N) is 3. The molecule has 0 aromatic carbocycles. The summed E-state index contributed by atoms with van der Waals surface area (Å²) in [6.07, 6.45) is 2.18. The Balaban J connectivity index is 2.06. The molecule has 0 spiro atoms. The molecule has 0 bridgehead atoms. The predicted molar refractivity (Wildman–Crippen MR) is 82.8 cm³/mol. The minimum atomic E-state index is -0.192. The SMILES string of the molecule is CC(C)(C)c1nc(NN)cc(NCC(=O)N2CCCC2)n1. The summed E-state index contributed by atoms with van der Waals surface area (Å²) in [6, 6.07) is 1.70. The van der Waals surface area contributed by atoms with Crippen molar-refractivity contribution in [2.45, 2.75) is 39.0 Å². The van der Waals surface area contributed by atoms with Crippen LogP contribution in [0.25, 0.3) is 0 Å². The van der Waals surface area contributed by atoms with Crippen molar-refractivity contribution >= 4 is 17.5 Å². The first-order valence-corrected chi connectivity index (χ1v) is 7.28. The average molecular weight is 292 g/mol. The Labute approximate surface area is 125 Å². The van der Waals surface area contributed by atoms with E-state index in [1.165, 1.54) is 0 Å². The first-order valence-electron chi connectivity index (χ1n) is 7.28. The van der Waals surface area contributed by atoms with Crippen LogP contribution < -0.4 is 16.6 Å². The number of hydrogen-bond acceptors (Lipinski definition) is 6. The van der Waals surface area contributed by atoms with Crippen LogP contribution in [0.3, 0.4) is 0 Å². The standard InChI is InChI=1S/C14H24N6O/c1-14(2,3)13-17-10(8-11(18-13)19-15)16-9-12(21)20-6-4-5-7-20/h8H,4-7,9,15H2,1-3H3,(H2,16,17,18,19). The molecule has 1 aliphatic heterocycles. The van der Waals surface area contributed by atoms with Crippen LogP contribution >= 0.6 is 0 Å². The molecular formula is C14H24N6O. The highest BCUT2D eigenvalue weighted by Crippen LogP contribution is 2.22. The number of rotatable bonds is 4. The number of nitrogens with two attached hydrogens (primary N) is 1. The van der Waals surface area contributed by atoms with Gasteiger partial charge in [-0.15, -0.1) is 0 Å². The zero-order chi connectivity index (χ0) is 15.5. The van der Waals surface area contributed by atoms with Gasteiger partial charge in [-0.1, -0.05) is 20.8 Å². The summed E-state index contributed by atoms with van der Waals surface area (Å²) < 4.78 is 0. The first-order chi connectivity index (χ1) is 9.90. The molecule has 0 aliphatic carbocycles. The van der Waals surface area contributed by atoms with E-state index in [-0.39, 0.29) is 17.9 Å². The molecule has 21 heavy (non-hydrogen) atoms. The second kappa shape index (κ2) is 6.26. The van der Waals surface area contributed by atoms with Crippen molar-refractivity contribution in [2.75, 3.05) is 30.4 Å². The number of anilines is 2. The molecule has 2 rings (SSSR count). The second-order valence-electron chi connectivity index (χ2n) is 6.30. The number of amides is 1. The van der Waals surface area contributed by atoms with Gasteiger partial charge in [-0.25, -0.2) is 15.8 Å². The van der Waals surface area contributed by atoms with Crippen LogP contribution in [0.2, 0.25) is 0 Å². The van der Waals surface area contributed by atoms with E-state index in [1.807, 2.05) is 25.7 Å². The zero-order valence-electron chi connectivity index (χ0n) is 12.9. The molecule has 0 saturated carbocycles. The second-order valence-corrected chi connectivity index (χ2v) is 6.30. The van der Waals surface area contributed by atoms with E-state index in [9.17, 15) is 4.79 Å². The summed E-state index contributed by atoms with van der Waals surface area (Å²) >= 11 is 0. The number of likely N-dealkylation sites (tertiary alicyclic amines) is 1. The third kappa shape index (κ3) is 4.04. The topological polar surface area (TPSA) is 96.2 Å². The highest BCUT2D eigenvalue weighted by atomic mass is 16.2. The van der Waals surface area contributed by atoms with Gasteiger partial charge in [0.1, 0.15) is 17.5 Å². The molecule has 0 radical (unpaired) electrons. The minimum absolute atomic E-state index is 0.102. The van der Waals surface area contributed by atoms with E-state index in [0.29, 0.717) is 17.5 Å².